The third kappa shape index (κ3) is 4.39. The van der Waals surface area contributed by atoms with Crippen molar-refractivity contribution in [3.63, 3.8) is 0 Å². The van der Waals surface area contributed by atoms with Crippen molar-refractivity contribution in [2.45, 2.75) is 38.7 Å². The van der Waals surface area contributed by atoms with E-state index in [0.717, 1.165) is 31.4 Å². The number of methoxy groups -OCH3 is 1. The normalized spacial score (nSPS) is 19.1. The SMILES string of the molecule is COC[C@@H](C)OC(=O)[C@H](C#N)c1nc2ccccc2nc1N1CCC[C@H](C)C1. The summed E-state index contributed by atoms with van der Waals surface area (Å²) in [6.45, 7) is 5.85. The first-order valence-electron chi connectivity index (χ1n) is 9.64. The summed E-state index contributed by atoms with van der Waals surface area (Å²) in [5.74, 6) is -0.635. The van der Waals surface area contributed by atoms with Gasteiger partial charge in [0.2, 0.25) is 0 Å². The van der Waals surface area contributed by atoms with E-state index in [4.69, 9.17) is 14.5 Å². The van der Waals surface area contributed by atoms with Gasteiger partial charge in [0, 0.05) is 20.2 Å². The molecule has 0 aliphatic carbocycles. The van der Waals surface area contributed by atoms with Gasteiger partial charge in [0.05, 0.1) is 23.7 Å². The van der Waals surface area contributed by atoms with E-state index < -0.39 is 18.0 Å². The van der Waals surface area contributed by atoms with Gasteiger partial charge in [-0.15, -0.1) is 0 Å². The van der Waals surface area contributed by atoms with Crippen molar-refractivity contribution in [3.8, 4) is 6.07 Å². The minimum atomic E-state index is -1.14. The van der Waals surface area contributed by atoms with Crippen molar-refractivity contribution in [1.82, 2.24) is 9.97 Å². The molecule has 0 amide bonds. The Labute approximate surface area is 165 Å². The molecule has 1 aromatic carbocycles. The molecule has 1 fully saturated rings. The maximum Gasteiger partial charge on any atom is 0.330 e. The predicted molar refractivity (Wildman–Crippen MR) is 106 cm³/mol. The zero-order valence-electron chi connectivity index (χ0n) is 16.6. The summed E-state index contributed by atoms with van der Waals surface area (Å²) in [5, 5.41) is 9.77. The number of piperidine rings is 1. The molecule has 0 radical (unpaired) electrons. The maximum atomic E-state index is 12.7. The van der Waals surface area contributed by atoms with E-state index in [0.29, 0.717) is 22.9 Å². The fourth-order valence-electron chi connectivity index (χ4n) is 3.57. The molecule has 0 unspecified atom stereocenters. The first kappa shape index (κ1) is 20.0. The van der Waals surface area contributed by atoms with Gasteiger partial charge in [-0.1, -0.05) is 19.1 Å². The standard InChI is InChI=1S/C21H26N4O3/c1-14-7-6-10-25(12-14)20-19(23-17-8-4-5-9-18(17)24-20)16(11-22)21(26)28-15(2)13-27-3/h4-5,8-9,14-16H,6-7,10,12-13H2,1-3H3/t14-,15+,16+/m0/s1. The van der Waals surface area contributed by atoms with Gasteiger partial charge in [-0.25, -0.2) is 9.97 Å². The Balaban J connectivity index is 2.02. The Morgan fingerprint density at radius 2 is 2.07 bits per heavy atom. The number of ether oxygens (including phenoxy) is 2. The zero-order valence-corrected chi connectivity index (χ0v) is 16.6. The number of nitriles is 1. The van der Waals surface area contributed by atoms with Crippen molar-refractivity contribution < 1.29 is 14.3 Å². The van der Waals surface area contributed by atoms with Gasteiger partial charge in [-0.3, -0.25) is 4.79 Å². The molecule has 28 heavy (non-hydrogen) atoms. The monoisotopic (exact) mass is 382 g/mol. The van der Waals surface area contributed by atoms with Gasteiger partial charge < -0.3 is 14.4 Å². The van der Waals surface area contributed by atoms with Crippen molar-refractivity contribution in [2.75, 3.05) is 31.7 Å². The predicted octanol–water partition coefficient (Wildman–Crippen LogP) is 3.05. The number of esters is 1. The van der Waals surface area contributed by atoms with Crippen LogP contribution in [0.15, 0.2) is 24.3 Å². The highest BCUT2D eigenvalue weighted by Crippen LogP contribution is 2.31. The molecule has 7 nitrogen and oxygen atoms in total. The van der Waals surface area contributed by atoms with E-state index in [1.54, 1.807) is 6.92 Å². The number of benzene rings is 1. The number of carbonyl (C=O) groups is 1. The number of aromatic nitrogens is 2. The Morgan fingerprint density at radius 3 is 2.71 bits per heavy atom. The van der Waals surface area contributed by atoms with Crippen molar-refractivity contribution in [3.05, 3.63) is 30.0 Å². The van der Waals surface area contributed by atoms with Gasteiger partial charge in [-0.2, -0.15) is 5.26 Å². The second-order valence-corrected chi connectivity index (χ2v) is 7.38. The van der Waals surface area contributed by atoms with Gasteiger partial charge in [-0.05, 0) is 37.8 Å². The van der Waals surface area contributed by atoms with Crippen LogP contribution in [0.25, 0.3) is 11.0 Å². The first-order chi connectivity index (χ1) is 13.5. The molecule has 0 bridgehead atoms. The largest absolute Gasteiger partial charge is 0.459 e. The van der Waals surface area contributed by atoms with Crippen LogP contribution in [0.2, 0.25) is 0 Å². The van der Waals surface area contributed by atoms with Crippen LogP contribution in [0.3, 0.4) is 0 Å². The minimum absolute atomic E-state index is 0.268. The molecule has 7 heteroatoms. The fourth-order valence-corrected chi connectivity index (χ4v) is 3.57. The van der Waals surface area contributed by atoms with Crippen LogP contribution >= 0.6 is 0 Å². The second kappa shape index (κ2) is 8.98. The van der Waals surface area contributed by atoms with Gasteiger partial charge in [0.15, 0.2) is 11.7 Å². The Bertz CT molecular complexity index is 880. The van der Waals surface area contributed by atoms with E-state index in [1.807, 2.05) is 24.3 Å². The number of carbonyl (C=O) groups excluding carboxylic acids is 1. The highest BCUT2D eigenvalue weighted by molar-refractivity contribution is 5.85. The van der Waals surface area contributed by atoms with Crippen LogP contribution in [0.5, 0.6) is 0 Å². The molecule has 1 aliphatic rings. The lowest BCUT2D eigenvalue weighted by Gasteiger charge is -2.33. The summed E-state index contributed by atoms with van der Waals surface area (Å²) in [4.78, 5) is 24.3. The molecule has 3 atom stereocenters. The number of nitrogens with zero attached hydrogens (tertiary/aromatic N) is 4. The molecule has 3 rings (SSSR count). The zero-order chi connectivity index (χ0) is 20.1. The van der Waals surface area contributed by atoms with E-state index in [2.05, 4.69) is 22.9 Å². The lowest BCUT2D eigenvalue weighted by atomic mass is 9.99. The third-order valence-electron chi connectivity index (χ3n) is 4.89. The lowest BCUT2D eigenvalue weighted by molar-refractivity contribution is -0.150. The average molecular weight is 382 g/mol. The summed E-state index contributed by atoms with van der Waals surface area (Å²) in [6.07, 6.45) is 1.76. The fraction of sp³-hybridized carbons (Fsp3) is 0.524. The van der Waals surface area contributed by atoms with Gasteiger partial charge in [0.1, 0.15) is 11.8 Å². The van der Waals surface area contributed by atoms with Crippen molar-refractivity contribution in [1.29, 1.82) is 5.26 Å². The third-order valence-corrected chi connectivity index (χ3v) is 4.89. The molecule has 0 N–H and O–H groups in total. The smallest absolute Gasteiger partial charge is 0.330 e. The number of rotatable bonds is 6. The van der Waals surface area contributed by atoms with Crippen LogP contribution in [-0.2, 0) is 14.3 Å². The molecule has 1 aliphatic heterocycles. The minimum Gasteiger partial charge on any atom is -0.459 e. The van der Waals surface area contributed by atoms with Crippen molar-refractivity contribution in [2.24, 2.45) is 5.92 Å². The second-order valence-electron chi connectivity index (χ2n) is 7.38. The van der Waals surface area contributed by atoms with Crippen molar-refractivity contribution >= 4 is 22.8 Å². The number of hydrogen-bond acceptors (Lipinski definition) is 7. The highest BCUT2D eigenvalue weighted by Gasteiger charge is 2.32. The molecule has 1 aromatic heterocycles. The van der Waals surface area contributed by atoms with Crippen LogP contribution < -0.4 is 4.90 Å². The topological polar surface area (TPSA) is 88.3 Å². The van der Waals surface area contributed by atoms with Gasteiger partial charge in [0.25, 0.3) is 0 Å². The molecule has 0 spiro atoms. The number of para-hydroxylation sites is 2. The highest BCUT2D eigenvalue weighted by atomic mass is 16.6. The Kier molecular flexibility index (Phi) is 6.42. The molecule has 1 saturated heterocycles. The van der Waals surface area contributed by atoms with Crippen LogP contribution in [-0.4, -0.2) is 48.8 Å². The summed E-state index contributed by atoms with van der Waals surface area (Å²) in [7, 11) is 1.54. The van der Waals surface area contributed by atoms with Crippen LogP contribution in [0.4, 0.5) is 5.82 Å². The maximum absolute atomic E-state index is 12.7. The van der Waals surface area contributed by atoms with Gasteiger partial charge >= 0.3 is 5.97 Å². The van der Waals surface area contributed by atoms with E-state index in [-0.39, 0.29) is 6.61 Å². The number of hydrogen-bond donors (Lipinski definition) is 0. The van der Waals surface area contributed by atoms with Crippen LogP contribution in [0, 0.1) is 17.2 Å². The van der Waals surface area contributed by atoms with E-state index >= 15 is 0 Å². The summed E-state index contributed by atoms with van der Waals surface area (Å²) >= 11 is 0. The lowest BCUT2D eigenvalue weighted by Crippen LogP contribution is -2.36. The quantitative estimate of drug-likeness (QED) is 0.710. The van der Waals surface area contributed by atoms with E-state index in [9.17, 15) is 10.1 Å². The molecular formula is C21H26N4O3. The molecule has 2 aromatic rings. The van der Waals surface area contributed by atoms with Crippen LogP contribution in [0.1, 0.15) is 38.3 Å². The summed E-state index contributed by atoms with van der Waals surface area (Å²) in [6, 6.07) is 9.57. The average Bonchev–Trinajstić information content (AvgIpc) is 2.68. The Morgan fingerprint density at radius 1 is 1.36 bits per heavy atom. The summed E-state index contributed by atoms with van der Waals surface area (Å²) in [5.41, 5.74) is 1.77. The van der Waals surface area contributed by atoms with E-state index in [1.165, 1.54) is 7.11 Å². The number of fused-ring (bicyclic) bond motifs is 1. The number of anilines is 1. The molecule has 0 saturated carbocycles. The first-order valence-corrected chi connectivity index (χ1v) is 9.64. The Hall–Kier alpha value is -2.72. The molecule has 148 valence electrons. The summed E-state index contributed by atoms with van der Waals surface area (Å²) < 4.78 is 10.4. The molecular weight excluding hydrogens is 356 g/mol. The molecule has 2 heterocycles.